The second-order valence-electron chi connectivity index (χ2n) is 6.66. The van der Waals surface area contributed by atoms with Crippen LogP contribution in [0.1, 0.15) is 23.5 Å². The Bertz CT molecular complexity index is 1050. The van der Waals surface area contributed by atoms with Crippen LogP contribution in [-0.2, 0) is 30.7 Å². The minimum Gasteiger partial charge on any atom is -0.394 e. The van der Waals surface area contributed by atoms with Crippen LogP contribution >= 0.6 is 0 Å². The number of aromatic nitrogens is 4. The van der Waals surface area contributed by atoms with E-state index in [2.05, 4.69) is 15.1 Å². The number of nitrogens with one attached hydrogen (secondary N) is 2. The molecule has 0 atom stereocenters. The van der Waals surface area contributed by atoms with Gasteiger partial charge >= 0.3 is 0 Å². The van der Waals surface area contributed by atoms with Gasteiger partial charge in [0.25, 0.3) is 5.56 Å². The fraction of sp³-hybridized carbons (Fsp3) is 0.389. The van der Waals surface area contributed by atoms with Crippen molar-refractivity contribution in [2.24, 2.45) is 0 Å². The Kier molecular flexibility index (Phi) is 4.53. The first kappa shape index (κ1) is 17.5. The van der Waals surface area contributed by atoms with Crippen molar-refractivity contribution in [1.29, 1.82) is 0 Å². The molecule has 27 heavy (non-hydrogen) atoms. The number of imidazole rings is 1. The first-order chi connectivity index (χ1) is 13.0. The topological polar surface area (TPSA) is 107 Å². The molecule has 9 heteroatoms. The molecule has 0 unspecified atom stereocenters. The van der Waals surface area contributed by atoms with E-state index in [1.54, 1.807) is 11.0 Å². The minimum atomic E-state index is -0.333. The van der Waals surface area contributed by atoms with E-state index in [0.29, 0.717) is 48.4 Å². The zero-order valence-corrected chi connectivity index (χ0v) is 14.7. The number of halogens is 1. The molecule has 1 amide bonds. The zero-order chi connectivity index (χ0) is 19.0. The van der Waals surface area contributed by atoms with Gasteiger partial charge in [-0.3, -0.25) is 19.4 Å². The summed E-state index contributed by atoms with van der Waals surface area (Å²) in [4.78, 5) is 33.9. The lowest BCUT2D eigenvalue weighted by atomic mass is 10.1. The van der Waals surface area contributed by atoms with Crippen molar-refractivity contribution in [2.75, 3.05) is 13.2 Å². The molecule has 0 saturated carbocycles. The number of aliphatic hydroxyl groups is 1. The fourth-order valence-electron chi connectivity index (χ4n) is 3.49. The van der Waals surface area contributed by atoms with Crippen molar-refractivity contribution in [2.45, 2.75) is 32.4 Å². The Labute approximate surface area is 153 Å². The van der Waals surface area contributed by atoms with Crippen molar-refractivity contribution in [3.8, 4) is 0 Å². The molecule has 1 aliphatic rings. The number of H-pyrrole nitrogens is 2. The van der Waals surface area contributed by atoms with Gasteiger partial charge in [-0.15, -0.1) is 0 Å². The summed E-state index contributed by atoms with van der Waals surface area (Å²) in [5.74, 6) is 0.284. The second-order valence-corrected chi connectivity index (χ2v) is 6.66. The average Bonchev–Trinajstić information content (AvgIpc) is 3.20. The first-order valence-electron chi connectivity index (χ1n) is 8.88. The van der Waals surface area contributed by atoms with E-state index in [1.165, 1.54) is 16.8 Å². The Morgan fingerprint density at radius 1 is 1.37 bits per heavy atom. The van der Waals surface area contributed by atoms with E-state index in [0.717, 1.165) is 5.69 Å². The number of aliphatic hydroxyl groups excluding tert-OH is 1. The van der Waals surface area contributed by atoms with Gasteiger partial charge in [0.15, 0.2) is 0 Å². The van der Waals surface area contributed by atoms with E-state index < -0.39 is 0 Å². The summed E-state index contributed by atoms with van der Waals surface area (Å²) in [7, 11) is 0. The summed E-state index contributed by atoms with van der Waals surface area (Å²) in [5.41, 5.74) is 2.58. The molecule has 0 spiro atoms. The van der Waals surface area contributed by atoms with Crippen LogP contribution in [0.15, 0.2) is 23.0 Å². The van der Waals surface area contributed by atoms with Gasteiger partial charge < -0.3 is 15.0 Å². The van der Waals surface area contributed by atoms with Crippen LogP contribution in [0.3, 0.4) is 0 Å². The van der Waals surface area contributed by atoms with Gasteiger partial charge in [-0.05, 0) is 24.6 Å². The van der Waals surface area contributed by atoms with Crippen LogP contribution in [0.4, 0.5) is 4.39 Å². The van der Waals surface area contributed by atoms with E-state index in [-0.39, 0.29) is 36.9 Å². The van der Waals surface area contributed by atoms with Crippen LogP contribution in [0.5, 0.6) is 0 Å². The predicted molar refractivity (Wildman–Crippen MR) is 95.6 cm³/mol. The minimum absolute atomic E-state index is 0.0250. The van der Waals surface area contributed by atoms with Crippen LogP contribution in [0.2, 0.25) is 0 Å². The molecule has 0 bridgehead atoms. The number of carbonyl (C=O) groups excluding carboxylic acids is 1. The molecule has 0 aliphatic carbocycles. The molecular weight excluding hydrogens is 353 g/mol. The van der Waals surface area contributed by atoms with Crippen molar-refractivity contribution in [3.63, 3.8) is 0 Å². The fourth-order valence-corrected chi connectivity index (χ4v) is 3.49. The lowest BCUT2D eigenvalue weighted by Crippen LogP contribution is -2.37. The third-order valence-electron chi connectivity index (χ3n) is 4.86. The summed E-state index contributed by atoms with van der Waals surface area (Å²) in [6, 6.07) is 4.34. The molecule has 8 nitrogen and oxygen atoms in total. The number of hydrogen-bond acceptors (Lipinski definition) is 4. The molecule has 142 valence electrons. The third kappa shape index (κ3) is 3.37. The summed E-state index contributed by atoms with van der Waals surface area (Å²) in [5, 5.41) is 12.0. The normalized spacial score (nSPS) is 13.9. The SMILES string of the molecule is O=C(CCc1nc2ccc(F)cc2[nH]1)N1CCc2c([nH]n(CCO)c2=O)C1. The molecule has 1 aliphatic heterocycles. The second kappa shape index (κ2) is 6.99. The van der Waals surface area contributed by atoms with Gasteiger partial charge in [-0.1, -0.05) is 0 Å². The van der Waals surface area contributed by atoms with E-state index in [1.807, 2.05) is 0 Å². The smallest absolute Gasteiger partial charge is 0.270 e. The quantitative estimate of drug-likeness (QED) is 0.612. The third-order valence-corrected chi connectivity index (χ3v) is 4.86. The highest BCUT2D eigenvalue weighted by atomic mass is 19.1. The van der Waals surface area contributed by atoms with Gasteiger partial charge in [-0.2, -0.15) is 0 Å². The standard InChI is InChI=1S/C18H20FN5O3/c19-11-1-2-13-14(9-11)21-16(20-13)3-4-17(26)23-6-5-12-15(10-23)22-24(7-8-25)18(12)27/h1-2,9,22,25H,3-8,10H2,(H,20,21). The van der Waals surface area contributed by atoms with Crippen LogP contribution in [-0.4, -0.2) is 48.8 Å². The molecule has 0 fully saturated rings. The maximum atomic E-state index is 13.3. The number of aromatic amines is 2. The van der Waals surface area contributed by atoms with Crippen molar-refractivity contribution in [3.05, 3.63) is 51.5 Å². The molecule has 3 heterocycles. The largest absolute Gasteiger partial charge is 0.394 e. The van der Waals surface area contributed by atoms with E-state index in [9.17, 15) is 14.0 Å². The first-order valence-corrected chi connectivity index (χ1v) is 8.88. The van der Waals surface area contributed by atoms with Crippen LogP contribution < -0.4 is 5.56 Å². The summed E-state index contributed by atoms with van der Waals surface area (Å²) in [6.45, 7) is 0.937. The number of rotatable bonds is 5. The molecule has 0 saturated heterocycles. The Morgan fingerprint density at radius 3 is 3.04 bits per heavy atom. The monoisotopic (exact) mass is 373 g/mol. The lowest BCUT2D eigenvalue weighted by molar-refractivity contribution is -0.132. The predicted octanol–water partition coefficient (Wildman–Crippen LogP) is 0.702. The maximum Gasteiger partial charge on any atom is 0.270 e. The molecule has 2 aromatic heterocycles. The van der Waals surface area contributed by atoms with Gasteiger partial charge in [0.1, 0.15) is 11.6 Å². The molecule has 3 aromatic rings. The summed E-state index contributed by atoms with van der Waals surface area (Å²) < 4.78 is 14.6. The van der Waals surface area contributed by atoms with Crippen molar-refractivity contribution in [1.82, 2.24) is 24.6 Å². The van der Waals surface area contributed by atoms with Gasteiger partial charge in [0.05, 0.1) is 36.4 Å². The number of nitrogens with zero attached hydrogens (tertiary/aromatic N) is 3. The number of benzene rings is 1. The van der Waals surface area contributed by atoms with E-state index in [4.69, 9.17) is 5.11 Å². The summed E-state index contributed by atoms with van der Waals surface area (Å²) >= 11 is 0. The van der Waals surface area contributed by atoms with E-state index >= 15 is 0 Å². The molecule has 3 N–H and O–H groups in total. The maximum absolute atomic E-state index is 13.3. The Morgan fingerprint density at radius 2 is 2.22 bits per heavy atom. The molecule has 0 radical (unpaired) electrons. The van der Waals surface area contributed by atoms with Gasteiger partial charge in [0, 0.05) is 24.9 Å². The van der Waals surface area contributed by atoms with Crippen LogP contribution in [0.25, 0.3) is 11.0 Å². The molecule has 4 rings (SSSR count). The molecular formula is C18H20FN5O3. The highest BCUT2D eigenvalue weighted by molar-refractivity contribution is 5.77. The number of fused-ring (bicyclic) bond motifs is 2. The van der Waals surface area contributed by atoms with Crippen molar-refractivity contribution >= 4 is 16.9 Å². The number of aryl methyl sites for hydroxylation is 1. The lowest BCUT2D eigenvalue weighted by Gasteiger charge is -2.26. The average molecular weight is 373 g/mol. The Balaban J connectivity index is 1.41. The number of carbonyl (C=O) groups is 1. The number of amides is 1. The van der Waals surface area contributed by atoms with Gasteiger partial charge in [-0.25, -0.2) is 9.37 Å². The van der Waals surface area contributed by atoms with Crippen molar-refractivity contribution < 1.29 is 14.3 Å². The van der Waals surface area contributed by atoms with Gasteiger partial charge in [0.2, 0.25) is 5.91 Å². The highest BCUT2D eigenvalue weighted by Crippen LogP contribution is 2.17. The van der Waals surface area contributed by atoms with Crippen LogP contribution in [0, 0.1) is 5.82 Å². The summed E-state index contributed by atoms with van der Waals surface area (Å²) in [6.07, 6.45) is 1.21. The molecule has 1 aromatic carbocycles. The Hall–Kier alpha value is -2.94. The highest BCUT2D eigenvalue weighted by Gasteiger charge is 2.25. The number of hydrogen-bond donors (Lipinski definition) is 3. The zero-order valence-electron chi connectivity index (χ0n) is 14.7.